The zero-order chi connectivity index (χ0) is 17.9. The molecule has 0 aliphatic carbocycles. The Morgan fingerprint density at radius 3 is 2.38 bits per heavy atom. The molecule has 134 valence electrons. The van der Waals surface area contributed by atoms with E-state index in [0.717, 1.165) is 26.2 Å². The summed E-state index contributed by atoms with van der Waals surface area (Å²) in [6.07, 6.45) is -2.62. The molecule has 4 nitrogen and oxygen atoms in total. The Labute approximate surface area is 142 Å². The fourth-order valence-electron chi connectivity index (χ4n) is 2.65. The maximum absolute atomic E-state index is 13.4. The minimum Gasteiger partial charge on any atom is -0.456 e. The van der Waals surface area contributed by atoms with Crippen molar-refractivity contribution in [3.8, 4) is 0 Å². The van der Waals surface area contributed by atoms with Crippen molar-refractivity contribution in [3.05, 3.63) is 34.9 Å². The first-order valence-electron chi connectivity index (χ1n) is 8.21. The second kappa shape index (κ2) is 7.57. The van der Waals surface area contributed by atoms with Gasteiger partial charge in [-0.2, -0.15) is 0 Å². The summed E-state index contributed by atoms with van der Waals surface area (Å²) >= 11 is 0. The summed E-state index contributed by atoms with van der Waals surface area (Å²) in [6.45, 7) is 9.30. The van der Waals surface area contributed by atoms with E-state index < -0.39 is 18.0 Å². The van der Waals surface area contributed by atoms with Gasteiger partial charge in [-0.25, -0.2) is 13.6 Å². The third-order valence-corrected chi connectivity index (χ3v) is 4.01. The summed E-state index contributed by atoms with van der Waals surface area (Å²) in [5.74, 6) is -0.574. The van der Waals surface area contributed by atoms with Crippen LogP contribution >= 0.6 is 0 Å². The Hall–Kier alpha value is -1.53. The van der Waals surface area contributed by atoms with Crippen LogP contribution in [0.5, 0.6) is 0 Å². The summed E-state index contributed by atoms with van der Waals surface area (Å²) in [6, 6.07) is 4.47. The maximum atomic E-state index is 13.4. The Balaban J connectivity index is 2.16. The predicted molar refractivity (Wildman–Crippen MR) is 89.3 cm³/mol. The Bertz CT molecular complexity index is 577. The van der Waals surface area contributed by atoms with Crippen molar-refractivity contribution in [1.82, 2.24) is 9.80 Å². The van der Waals surface area contributed by atoms with E-state index in [9.17, 15) is 13.6 Å². The van der Waals surface area contributed by atoms with Crippen molar-refractivity contribution >= 4 is 5.97 Å². The van der Waals surface area contributed by atoms with Crippen LogP contribution in [0.2, 0.25) is 0 Å². The van der Waals surface area contributed by atoms with Gasteiger partial charge < -0.3 is 9.64 Å². The molecule has 1 saturated heterocycles. The molecule has 6 heteroatoms. The van der Waals surface area contributed by atoms with Crippen LogP contribution in [0.3, 0.4) is 0 Å². The zero-order valence-corrected chi connectivity index (χ0v) is 14.8. The Kier molecular flexibility index (Phi) is 5.93. The molecule has 0 unspecified atom stereocenters. The van der Waals surface area contributed by atoms with Gasteiger partial charge in [0.2, 0.25) is 0 Å². The Morgan fingerprint density at radius 1 is 1.21 bits per heavy atom. The standard InChI is InChI=1S/C18H26F2N2O2/c1-18(2,3)24-17(23)13-5-6-14(15(11-13)16(19)20)12-22-9-7-21(4)8-10-22/h5-6,11,16H,7-10,12H2,1-4H3. The van der Waals surface area contributed by atoms with E-state index in [1.807, 2.05) is 0 Å². The van der Waals surface area contributed by atoms with Gasteiger partial charge in [0.15, 0.2) is 0 Å². The van der Waals surface area contributed by atoms with Crippen molar-refractivity contribution in [1.29, 1.82) is 0 Å². The SMILES string of the molecule is CN1CCN(Cc2ccc(C(=O)OC(C)(C)C)cc2C(F)F)CC1. The van der Waals surface area contributed by atoms with E-state index in [1.54, 1.807) is 32.9 Å². The number of nitrogens with zero attached hydrogens (tertiary/aromatic N) is 2. The number of halogens is 2. The largest absolute Gasteiger partial charge is 0.456 e. The summed E-state index contributed by atoms with van der Waals surface area (Å²) in [5, 5.41) is 0. The first-order chi connectivity index (χ1) is 11.2. The minimum atomic E-state index is -2.62. The number of piperazine rings is 1. The molecule has 2 rings (SSSR count). The van der Waals surface area contributed by atoms with Crippen LogP contribution in [0.25, 0.3) is 0 Å². The molecular formula is C18H26F2N2O2. The molecule has 24 heavy (non-hydrogen) atoms. The highest BCUT2D eigenvalue weighted by Crippen LogP contribution is 2.26. The second-order valence-corrected chi connectivity index (χ2v) is 7.30. The van der Waals surface area contributed by atoms with E-state index in [1.165, 1.54) is 6.07 Å². The van der Waals surface area contributed by atoms with Crippen molar-refractivity contribution in [2.45, 2.75) is 39.3 Å². The average molecular weight is 340 g/mol. The topological polar surface area (TPSA) is 32.8 Å². The molecule has 1 aromatic rings. The lowest BCUT2D eigenvalue weighted by Gasteiger charge is -2.32. The van der Waals surface area contributed by atoms with Crippen molar-refractivity contribution in [2.24, 2.45) is 0 Å². The third kappa shape index (κ3) is 5.24. The molecule has 0 aromatic heterocycles. The van der Waals surface area contributed by atoms with Gasteiger partial charge in [-0.05, 0) is 45.5 Å². The normalized spacial score (nSPS) is 17.3. The van der Waals surface area contributed by atoms with Crippen molar-refractivity contribution in [3.63, 3.8) is 0 Å². The second-order valence-electron chi connectivity index (χ2n) is 7.30. The van der Waals surface area contributed by atoms with E-state index >= 15 is 0 Å². The van der Waals surface area contributed by atoms with Crippen LogP contribution in [0.4, 0.5) is 8.78 Å². The average Bonchev–Trinajstić information content (AvgIpc) is 2.48. The first-order valence-corrected chi connectivity index (χ1v) is 8.21. The van der Waals surface area contributed by atoms with Gasteiger partial charge in [-0.3, -0.25) is 4.90 Å². The monoisotopic (exact) mass is 340 g/mol. The molecule has 1 heterocycles. The molecule has 1 aliphatic heterocycles. The van der Waals surface area contributed by atoms with Gasteiger partial charge in [0.1, 0.15) is 5.60 Å². The maximum Gasteiger partial charge on any atom is 0.338 e. The van der Waals surface area contributed by atoms with Gasteiger partial charge in [0, 0.05) is 38.3 Å². The van der Waals surface area contributed by atoms with Crippen LogP contribution in [0.15, 0.2) is 18.2 Å². The number of ether oxygens (including phenoxy) is 1. The van der Waals surface area contributed by atoms with Crippen LogP contribution in [-0.2, 0) is 11.3 Å². The first kappa shape index (κ1) is 18.8. The smallest absolute Gasteiger partial charge is 0.338 e. The van der Waals surface area contributed by atoms with Crippen LogP contribution in [0.1, 0.15) is 48.7 Å². The van der Waals surface area contributed by atoms with Crippen molar-refractivity contribution < 1.29 is 18.3 Å². The summed E-state index contributed by atoms with van der Waals surface area (Å²) in [7, 11) is 2.05. The molecule has 0 amide bonds. The summed E-state index contributed by atoms with van der Waals surface area (Å²) in [5.41, 5.74) is 0.00196. The molecule has 0 bridgehead atoms. The van der Waals surface area contributed by atoms with Gasteiger partial charge in [0.25, 0.3) is 6.43 Å². The molecule has 1 aliphatic rings. The van der Waals surface area contributed by atoms with E-state index in [0.29, 0.717) is 12.1 Å². The number of rotatable bonds is 4. The van der Waals surface area contributed by atoms with Gasteiger partial charge in [0.05, 0.1) is 5.56 Å². The van der Waals surface area contributed by atoms with Gasteiger partial charge in [-0.1, -0.05) is 6.07 Å². The molecule has 0 radical (unpaired) electrons. The third-order valence-electron chi connectivity index (χ3n) is 4.01. The van der Waals surface area contributed by atoms with E-state index in [4.69, 9.17) is 4.74 Å². The number of carbonyl (C=O) groups excluding carboxylic acids is 1. The number of alkyl halides is 2. The van der Waals surface area contributed by atoms with E-state index in [2.05, 4.69) is 16.8 Å². The lowest BCUT2D eigenvalue weighted by molar-refractivity contribution is 0.00692. The lowest BCUT2D eigenvalue weighted by Crippen LogP contribution is -2.44. The number of hydrogen-bond acceptors (Lipinski definition) is 4. The highest BCUT2D eigenvalue weighted by Gasteiger charge is 2.22. The highest BCUT2D eigenvalue weighted by atomic mass is 19.3. The number of esters is 1. The van der Waals surface area contributed by atoms with E-state index in [-0.39, 0.29) is 11.1 Å². The lowest BCUT2D eigenvalue weighted by atomic mass is 10.0. The molecule has 0 saturated carbocycles. The van der Waals surface area contributed by atoms with Crippen LogP contribution in [-0.4, -0.2) is 54.6 Å². The van der Waals surface area contributed by atoms with Gasteiger partial charge >= 0.3 is 5.97 Å². The summed E-state index contributed by atoms with van der Waals surface area (Å²) < 4.78 is 32.2. The van der Waals surface area contributed by atoms with Gasteiger partial charge in [-0.15, -0.1) is 0 Å². The number of likely N-dealkylation sites (N-methyl/N-ethyl adjacent to an activating group) is 1. The number of carbonyl (C=O) groups is 1. The van der Waals surface area contributed by atoms with Crippen LogP contribution < -0.4 is 0 Å². The highest BCUT2D eigenvalue weighted by molar-refractivity contribution is 5.90. The van der Waals surface area contributed by atoms with Crippen LogP contribution in [0, 0.1) is 0 Å². The molecular weight excluding hydrogens is 314 g/mol. The number of benzene rings is 1. The summed E-state index contributed by atoms with van der Waals surface area (Å²) in [4.78, 5) is 16.5. The molecule has 1 aromatic carbocycles. The quantitative estimate of drug-likeness (QED) is 0.787. The zero-order valence-electron chi connectivity index (χ0n) is 14.8. The predicted octanol–water partition coefficient (Wildman–Crippen LogP) is 3.33. The fourth-order valence-corrected chi connectivity index (χ4v) is 2.65. The number of hydrogen-bond donors (Lipinski definition) is 0. The molecule has 0 spiro atoms. The molecule has 0 atom stereocenters. The fraction of sp³-hybridized carbons (Fsp3) is 0.611. The Morgan fingerprint density at radius 2 is 1.83 bits per heavy atom. The van der Waals surface area contributed by atoms with Crippen molar-refractivity contribution in [2.75, 3.05) is 33.2 Å². The molecule has 0 N–H and O–H groups in total. The molecule has 1 fully saturated rings. The minimum absolute atomic E-state index is 0.0858.